The van der Waals surface area contributed by atoms with Gasteiger partial charge in [-0.2, -0.15) is 10.2 Å². The molecular formula is C17H20N6O. The van der Waals surface area contributed by atoms with Gasteiger partial charge >= 0.3 is 0 Å². The van der Waals surface area contributed by atoms with E-state index in [1.807, 2.05) is 34.5 Å². The molecule has 1 atom stereocenters. The predicted molar refractivity (Wildman–Crippen MR) is 87.9 cm³/mol. The number of hydrogen-bond acceptors (Lipinski definition) is 5. The number of fused-ring (bicyclic) bond motifs is 1. The first-order valence-electron chi connectivity index (χ1n) is 8.14. The lowest BCUT2D eigenvalue weighted by Crippen LogP contribution is -2.22. The van der Waals surface area contributed by atoms with Crippen molar-refractivity contribution in [2.75, 3.05) is 7.11 Å². The topological polar surface area (TPSA) is 70.7 Å². The SMILES string of the molecule is COc1ccccc1Cn1nc(C)nc1C1CCn2ncnc2C1. The molecule has 0 saturated carbocycles. The summed E-state index contributed by atoms with van der Waals surface area (Å²) >= 11 is 0. The van der Waals surface area contributed by atoms with Gasteiger partial charge in [0.15, 0.2) is 0 Å². The molecule has 1 aliphatic heterocycles. The van der Waals surface area contributed by atoms with Crippen molar-refractivity contribution in [3.05, 3.63) is 53.6 Å². The van der Waals surface area contributed by atoms with Crippen LogP contribution in [0.2, 0.25) is 0 Å². The Bertz CT molecular complexity index is 852. The molecule has 3 heterocycles. The fraction of sp³-hybridized carbons (Fsp3) is 0.412. The molecular weight excluding hydrogens is 304 g/mol. The van der Waals surface area contributed by atoms with Gasteiger partial charge in [-0.3, -0.25) is 4.68 Å². The van der Waals surface area contributed by atoms with Crippen LogP contribution in [0, 0.1) is 6.92 Å². The van der Waals surface area contributed by atoms with Crippen LogP contribution in [0.3, 0.4) is 0 Å². The van der Waals surface area contributed by atoms with E-state index in [0.717, 1.165) is 48.2 Å². The number of para-hydroxylation sites is 1. The summed E-state index contributed by atoms with van der Waals surface area (Å²) in [7, 11) is 1.69. The van der Waals surface area contributed by atoms with Gasteiger partial charge in [-0.05, 0) is 19.4 Å². The quantitative estimate of drug-likeness (QED) is 0.734. The van der Waals surface area contributed by atoms with Gasteiger partial charge in [-0.15, -0.1) is 0 Å². The summed E-state index contributed by atoms with van der Waals surface area (Å²) in [5.41, 5.74) is 1.10. The van der Waals surface area contributed by atoms with Crippen LogP contribution < -0.4 is 4.74 Å². The highest BCUT2D eigenvalue weighted by molar-refractivity contribution is 5.33. The van der Waals surface area contributed by atoms with E-state index in [4.69, 9.17) is 9.72 Å². The first-order chi connectivity index (χ1) is 11.7. The molecule has 0 fully saturated rings. The average Bonchev–Trinajstić information content (AvgIpc) is 3.21. The average molecular weight is 324 g/mol. The molecule has 1 aliphatic rings. The van der Waals surface area contributed by atoms with Crippen molar-refractivity contribution < 1.29 is 4.74 Å². The molecule has 3 aromatic rings. The number of nitrogens with zero attached hydrogens (tertiary/aromatic N) is 6. The van der Waals surface area contributed by atoms with Gasteiger partial charge in [0.2, 0.25) is 0 Å². The van der Waals surface area contributed by atoms with Crippen LogP contribution in [0.5, 0.6) is 5.75 Å². The highest BCUT2D eigenvalue weighted by Gasteiger charge is 2.26. The number of methoxy groups -OCH3 is 1. The van der Waals surface area contributed by atoms with Crippen molar-refractivity contribution in [3.8, 4) is 5.75 Å². The van der Waals surface area contributed by atoms with Gasteiger partial charge < -0.3 is 4.74 Å². The van der Waals surface area contributed by atoms with Crippen molar-refractivity contribution in [3.63, 3.8) is 0 Å². The fourth-order valence-corrected chi connectivity index (χ4v) is 3.34. The standard InChI is InChI=1S/C17H20N6O/c1-12-20-17(13-7-8-22-16(9-13)18-11-19-22)23(21-12)10-14-5-3-4-6-15(14)24-2/h3-6,11,13H,7-10H2,1-2H3. The number of benzene rings is 1. The molecule has 0 N–H and O–H groups in total. The first-order valence-corrected chi connectivity index (χ1v) is 8.14. The van der Waals surface area contributed by atoms with Gasteiger partial charge in [-0.1, -0.05) is 18.2 Å². The fourth-order valence-electron chi connectivity index (χ4n) is 3.34. The second-order valence-electron chi connectivity index (χ2n) is 6.08. The molecule has 0 amide bonds. The molecule has 1 aromatic carbocycles. The molecule has 124 valence electrons. The maximum Gasteiger partial charge on any atom is 0.147 e. The minimum atomic E-state index is 0.317. The molecule has 1 unspecified atom stereocenters. The smallest absolute Gasteiger partial charge is 0.147 e. The lowest BCUT2D eigenvalue weighted by atomic mass is 9.97. The number of aromatic nitrogens is 6. The van der Waals surface area contributed by atoms with Crippen LogP contribution in [-0.4, -0.2) is 36.6 Å². The summed E-state index contributed by atoms with van der Waals surface area (Å²) < 4.78 is 9.44. The van der Waals surface area contributed by atoms with Crippen LogP contribution in [0.4, 0.5) is 0 Å². The molecule has 2 aromatic heterocycles. The first kappa shape index (κ1) is 14.9. The summed E-state index contributed by atoms with van der Waals surface area (Å²) in [6.45, 7) is 3.47. The van der Waals surface area contributed by atoms with E-state index in [0.29, 0.717) is 12.5 Å². The Morgan fingerprint density at radius 2 is 2.17 bits per heavy atom. The zero-order valence-electron chi connectivity index (χ0n) is 13.9. The van der Waals surface area contributed by atoms with Crippen LogP contribution >= 0.6 is 0 Å². The number of rotatable bonds is 4. The Morgan fingerprint density at radius 3 is 3.04 bits per heavy atom. The zero-order chi connectivity index (χ0) is 16.5. The van der Waals surface area contributed by atoms with Gasteiger partial charge in [0.05, 0.1) is 13.7 Å². The molecule has 0 saturated heterocycles. The Balaban J connectivity index is 1.64. The third kappa shape index (κ3) is 2.66. The monoisotopic (exact) mass is 324 g/mol. The predicted octanol–water partition coefficient (Wildman–Crippen LogP) is 1.96. The summed E-state index contributed by atoms with van der Waals surface area (Å²) in [5, 5.41) is 8.86. The summed E-state index contributed by atoms with van der Waals surface area (Å²) in [6, 6.07) is 8.03. The second kappa shape index (κ2) is 6.07. The molecule has 24 heavy (non-hydrogen) atoms. The van der Waals surface area contributed by atoms with Gasteiger partial charge in [0.25, 0.3) is 0 Å². The van der Waals surface area contributed by atoms with E-state index >= 15 is 0 Å². The molecule has 4 rings (SSSR count). The van der Waals surface area contributed by atoms with Crippen molar-refractivity contribution in [1.82, 2.24) is 29.5 Å². The lowest BCUT2D eigenvalue weighted by Gasteiger charge is -2.22. The Labute approximate surface area is 140 Å². The van der Waals surface area contributed by atoms with Crippen molar-refractivity contribution >= 4 is 0 Å². The Kier molecular flexibility index (Phi) is 3.76. The summed E-state index contributed by atoms with van der Waals surface area (Å²) in [4.78, 5) is 9.05. The van der Waals surface area contributed by atoms with Crippen LogP contribution in [-0.2, 0) is 19.5 Å². The van der Waals surface area contributed by atoms with E-state index in [-0.39, 0.29) is 0 Å². The molecule has 0 radical (unpaired) electrons. The minimum Gasteiger partial charge on any atom is -0.496 e. The highest BCUT2D eigenvalue weighted by atomic mass is 16.5. The third-order valence-corrected chi connectivity index (χ3v) is 4.50. The molecule has 7 heteroatoms. The van der Waals surface area contributed by atoms with Crippen molar-refractivity contribution in [2.45, 2.75) is 38.8 Å². The van der Waals surface area contributed by atoms with Crippen LogP contribution in [0.1, 0.15) is 35.4 Å². The lowest BCUT2D eigenvalue weighted by molar-refractivity contribution is 0.398. The molecule has 0 bridgehead atoms. The van der Waals surface area contributed by atoms with Gasteiger partial charge in [0, 0.05) is 24.4 Å². The molecule has 7 nitrogen and oxygen atoms in total. The number of hydrogen-bond donors (Lipinski definition) is 0. The zero-order valence-corrected chi connectivity index (χ0v) is 13.9. The Hall–Kier alpha value is -2.70. The third-order valence-electron chi connectivity index (χ3n) is 4.50. The highest BCUT2D eigenvalue weighted by Crippen LogP contribution is 2.28. The van der Waals surface area contributed by atoms with Crippen molar-refractivity contribution in [2.24, 2.45) is 0 Å². The van der Waals surface area contributed by atoms with Crippen molar-refractivity contribution in [1.29, 1.82) is 0 Å². The van der Waals surface area contributed by atoms with E-state index in [2.05, 4.69) is 21.2 Å². The van der Waals surface area contributed by atoms with Gasteiger partial charge in [0.1, 0.15) is 29.6 Å². The summed E-state index contributed by atoms with van der Waals surface area (Å²) in [6.07, 6.45) is 3.48. The maximum atomic E-state index is 5.46. The number of aryl methyl sites for hydroxylation is 2. The van der Waals surface area contributed by atoms with Crippen LogP contribution in [0.15, 0.2) is 30.6 Å². The normalized spacial score (nSPS) is 16.8. The molecule has 0 spiro atoms. The van der Waals surface area contributed by atoms with Gasteiger partial charge in [-0.25, -0.2) is 14.6 Å². The van der Waals surface area contributed by atoms with E-state index in [9.17, 15) is 0 Å². The molecule has 0 aliphatic carbocycles. The minimum absolute atomic E-state index is 0.317. The number of ether oxygens (including phenoxy) is 1. The maximum absolute atomic E-state index is 5.46. The van der Waals surface area contributed by atoms with Crippen LogP contribution in [0.25, 0.3) is 0 Å². The van der Waals surface area contributed by atoms with E-state index in [1.54, 1.807) is 13.4 Å². The summed E-state index contributed by atoms with van der Waals surface area (Å²) in [5.74, 6) is 4.04. The van der Waals surface area contributed by atoms with E-state index in [1.165, 1.54) is 0 Å². The second-order valence-corrected chi connectivity index (χ2v) is 6.08. The largest absolute Gasteiger partial charge is 0.496 e. The Morgan fingerprint density at radius 1 is 1.29 bits per heavy atom. The van der Waals surface area contributed by atoms with E-state index < -0.39 is 0 Å².